The summed E-state index contributed by atoms with van der Waals surface area (Å²) in [6.07, 6.45) is 7.24. The third-order valence-electron chi connectivity index (χ3n) is 1.04. The lowest BCUT2D eigenvalue weighted by Gasteiger charge is -1.95. The van der Waals surface area contributed by atoms with E-state index in [2.05, 4.69) is 51.1 Å². The number of rotatable bonds is 5. The Hall–Kier alpha value is 1.00. The minimum Gasteiger partial charge on any atom is -0.502 e. The lowest BCUT2D eigenvalue weighted by molar-refractivity contribution is 0.243. The minimum atomic E-state index is 0.868. The van der Waals surface area contributed by atoms with Gasteiger partial charge in [-0.05, 0) is 12.8 Å². The molecule has 3 heteroatoms. The van der Waals surface area contributed by atoms with E-state index in [1.54, 1.807) is 6.26 Å². The van der Waals surface area contributed by atoms with Crippen LogP contribution in [0.2, 0.25) is 0 Å². The van der Waals surface area contributed by atoms with Crippen LogP contribution in [0.1, 0.15) is 33.1 Å². The molecule has 0 aliphatic heterocycles. The average Bonchev–Trinajstić information content (AvgIpc) is 2.08. The molecule has 0 aromatic rings. The summed E-state index contributed by atoms with van der Waals surface area (Å²) < 4.78 is 5.13. The summed E-state index contributed by atoms with van der Waals surface area (Å²) in [4.78, 5) is 0. The molecule has 0 amide bonds. The van der Waals surface area contributed by atoms with Gasteiger partial charge in [0.25, 0.3) is 0 Å². The van der Waals surface area contributed by atoms with Crippen LogP contribution in [0.5, 0.6) is 0 Å². The predicted molar refractivity (Wildman–Crippen MR) is 68.3 cm³/mol. The molecule has 0 fully saturated rings. The molecule has 0 aromatic heterocycles. The van der Waals surface area contributed by atoms with Gasteiger partial charge in [0.15, 0.2) is 0 Å². The third kappa shape index (κ3) is 18.2. The van der Waals surface area contributed by atoms with Crippen LogP contribution in [-0.2, 0) is 4.74 Å². The maximum Gasteiger partial charge on any atom is 0.0873 e. The zero-order chi connectivity index (χ0) is 8.95. The first kappa shape index (κ1) is 14.5. The molecule has 0 spiro atoms. The van der Waals surface area contributed by atoms with Gasteiger partial charge in [-0.2, -0.15) is 0 Å². The summed E-state index contributed by atoms with van der Waals surface area (Å²) in [6.45, 7) is 5.12. The van der Waals surface area contributed by atoms with Crippen molar-refractivity contribution < 1.29 is 4.74 Å². The fourth-order valence-electron chi connectivity index (χ4n) is 0.460. The molecule has 0 saturated heterocycles. The largest absolute Gasteiger partial charge is 0.502 e. The Labute approximate surface area is 93.3 Å². The first-order valence-electron chi connectivity index (χ1n) is 3.82. The molecule has 0 aliphatic rings. The topological polar surface area (TPSA) is 9.23 Å². The van der Waals surface area contributed by atoms with E-state index in [9.17, 15) is 0 Å². The highest BCUT2D eigenvalue weighted by Crippen LogP contribution is 1.89. The first-order valence-corrected chi connectivity index (χ1v) is 10.1. The molecule has 0 radical (unpaired) electrons. The Balaban J connectivity index is 0. The molecule has 0 atom stereocenters. The molecule has 0 bridgehead atoms. The lowest BCUT2D eigenvalue weighted by atomic mass is 10.4. The molecule has 0 N–H and O–H groups in total. The molecule has 1 nitrogen and oxygen atoms in total. The van der Waals surface area contributed by atoms with Gasteiger partial charge in [-0.15, -0.1) is 0 Å². The van der Waals surface area contributed by atoms with E-state index >= 15 is 0 Å². The van der Waals surface area contributed by atoms with Crippen molar-refractivity contribution >= 4 is 37.2 Å². The van der Waals surface area contributed by atoms with Gasteiger partial charge >= 0.3 is 0 Å². The van der Waals surface area contributed by atoms with Crippen LogP contribution < -0.4 is 0 Å². The van der Waals surface area contributed by atoms with Gasteiger partial charge in [-0.25, -0.2) is 0 Å². The van der Waals surface area contributed by atoms with Gasteiger partial charge in [-0.1, -0.05) is 26.3 Å². The highest BCUT2D eigenvalue weighted by Gasteiger charge is 1.78. The van der Waals surface area contributed by atoms with Crippen LogP contribution in [0, 0.1) is 0 Å². The summed E-state index contributed by atoms with van der Waals surface area (Å²) in [5.41, 5.74) is 0. The number of hydrogen-bond donors (Lipinski definition) is 0. The normalized spacial score (nSPS) is 9.09. The van der Waals surface area contributed by atoms with E-state index in [-0.39, 0.29) is 0 Å². The summed E-state index contributed by atoms with van der Waals surface area (Å²) >= 11 is 4.24. The Morgan fingerprint density at radius 3 is 2.36 bits per heavy atom. The zero-order valence-electron chi connectivity index (χ0n) is 7.15. The van der Waals surface area contributed by atoms with Gasteiger partial charge in [0.1, 0.15) is 0 Å². The van der Waals surface area contributed by atoms with E-state index in [0.717, 1.165) is 19.4 Å². The average molecular weight is 382 g/mol. The quantitative estimate of drug-likeness (QED) is 0.387. The smallest absolute Gasteiger partial charge is 0.0873 e. The second kappa shape index (κ2) is 17.2. The number of halogens is 2. The molecule has 68 valence electrons. The Morgan fingerprint density at radius 2 is 1.91 bits per heavy atom. The summed E-state index contributed by atoms with van der Waals surface area (Å²) in [5, 5.41) is 0. The number of allylic oxidation sites excluding steroid dienone is 1. The van der Waals surface area contributed by atoms with E-state index in [1.165, 1.54) is 6.42 Å². The Bertz CT molecular complexity index is 74.5. The molecule has 0 aromatic carbocycles. The molecule has 0 aliphatic carbocycles. The van der Waals surface area contributed by atoms with Crippen LogP contribution >= 0.6 is 37.2 Å². The van der Waals surface area contributed by atoms with Crippen LogP contribution in [-0.4, -0.2) is 6.61 Å². The van der Waals surface area contributed by atoms with Crippen molar-refractivity contribution in [2.75, 3.05) is 6.61 Å². The van der Waals surface area contributed by atoms with E-state index in [4.69, 9.17) is 4.74 Å². The van der Waals surface area contributed by atoms with Crippen molar-refractivity contribution in [3.05, 3.63) is 12.3 Å². The van der Waals surface area contributed by atoms with Gasteiger partial charge in [0.05, 0.1) is 12.9 Å². The molecular formula is C8H16I2O. The van der Waals surface area contributed by atoms with Gasteiger partial charge in [0.2, 0.25) is 0 Å². The number of hydrogen-bond acceptors (Lipinski definition) is 1. The number of unbranched alkanes of at least 4 members (excludes halogenated alkanes) is 1. The SMILES string of the molecule is CC/C=C\OCCCC.II. The van der Waals surface area contributed by atoms with Crippen LogP contribution in [0.15, 0.2) is 12.3 Å². The maximum absolute atomic E-state index is 5.13. The predicted octanol–water partition coefficient (Wildman–Crippen LogP) is 4.50. The standard InChI is InChI=1S/C8H16O.I2/c1-3-5-7-9-8-6-4-2;1-2/h5,7H,3-4,6,8H2,1-2H3;/b7-5-;. The fourth-order valence-corrected chi connectivity index (χ4v) is 0.460. The molecule has 0 heterocycles. The van der Waals surface area contributed by atoms with E-state index in [0.29, 0.717) is 0 Å². The highest BCUT2D eigenvalue weighted by atomic mass is 128. The third-order valence-corrected chi connectivity index (χ3v) is 1.04. The van der Waals surface area contributed by atoms with Gasteiger partial charge in [-0.3, -0.25) is 0 Å². The van der Waals surface area contributed by atoms with Crippen LogP contribution in [0.25, 0.3) is 0 Å². The van der Waals surface area contributed by atoms with Crippen molar-refractivity contribution in [2.24, 2.45) is 0 Å². The van der Waals surface area contributed by atoms with Gasteiger partial charge in [0, 0.05) is 37.2 Å². The lowest BCUT2D eigenvalue weighted by Crippen LogP contribution is -1.84. The van der Waals surface area contributed by atoms with Crippen LogP contribution in [0.4, 0.5) is 0 Å². The molecule has 0 unspecified atom stereocenters. The maximum atomic E-state index is 5.13. The Morgan fingerprint density at radius 1 is 1.27 bits per heavy atom. The fraction of sp³-hybridized carbons (Fsp3) is 0.750. The number of ether oxygens (including phenoxy) is 1. The molecule has 0 saturated carbocycles. The van der Waals surface area contributed by atoms with Crippen molar-refractivity contribution in [1.29, 1.82) is 0 Å². The van der Waals surface area contributed by atoms with Crippen molar-refractivity contribution in [3.8, 4) is 0 Å². The van der Waals surface area contributed by atoms with E-state index < -0.39 is 0 Å². The van der Waals surface area contributed by atoms with Gasteiger partial charge < -0.3 is 4.74 Å². The van der Waals surface area contributed by atoms with E-state index in [1.807, 2.05) is 6.08 Å². The van der Waals surface area contributed by atoms with Crippen molar-refractivity contribution in [3.63, 3.8) is 0 Å². The monoisotopic (exact) mass is 382 g/mol. The molecule has 11 heavy (non-hydrogen) atoms. The molecule has 0 rings (SSSR count). The Kier molecular flexibility index (Phi) is 22.7. The summed E-state index contributed by atoms with van der Waals surface area (Å²) in [6, 6.07) is 0. The first-order chi connectivity index (χ1) is 5.41. The zero-order valence-corrected chi connectivity index (χ0v) is 11.5. The molecular weight excluding hydrogens is 366 g/mol. The second-order valence-corrected chi connectivity index (χ2v) is 2.00. The summed E-state index contributed by atoms with van der Waals surface area (Å²) in [5.74, 6) is 0. The van der Waals surface area contributed by atoms with Crippen molar-refractivity contribution in [1.82, 2.24) is 0 Å². The second-order valence-electron chi connectivity index (χ2n) is 2.00. The van der Waals surface area contributed by atoms with Crippen LogP contribution in [0.3, 0.4) is 0 Å². The van der Waals surface area contributed by atoms with Crippen molar-refractivity contribution in [2.45, 2.75) is 33.1 Å². The minimum absolute atomic E-state index is 0.868. The highest BCUT2D eigenvalue weighted by molar-refractivity contribution is 15.0. The summed E-state index contributed by atoms with van der Waals surface area (Å²) in [7, 11) is 0.